The predicted octanol–water partition coefficient (Wildman–Crippen LogP) is 4.57. The molecule has 0 atom stereocenters. The number of rotatable bonds is 1. The van der Waals surface area contributed by atoms with E-state index >= 15 is 0 Å². The fourth-order valence-corrected chi connectivity index (χ4v) is 2.33. The van der Waals surface area contributed by atoms with Gasteiger partial charge in [-0.3, -0.25) is 4.98 Å². The maximum atomic E-state index is 5.94. The van der Waals surface area contributed by atoms with Gasteiger partial charge in [-0.15, -0.1) is 0 Å². The third-order valence-electron chi connectivity index (χ3n) is 3.07. The van der Waals surface area contributed by atoms with Crippen molar-refractivity contribution >= 4 is 22.6 Å². The minimum absolute atomic E-state index is 0.739. The average molecular weight is 269 g/mol. The molecule has 0 N–H and O–H groups in total. The maximum absolute atomic E-state index is 5.94. The Kier molecular flexibility index (Phi) is 2.96. The van der Waals surface area contributed by atoms with Gasteiger partial charge in [0.05, 0.1) is 16.7 Å². The van der Waals surface area contributed by atoms with Gasteiger partial charge in [0, 0.05) is 16.8 Å². The van der Waals surface area contributed by atoms with Gasteiger partial charge in [0.1, 0.15) is 0 Å². The number of hydrogen-bond acceptors (Lipinski definition) is 2. The van der Waals surface area contributed by atoms with Gasteiger partial charge in [0.25, 0.3) is 0 Å². The second-order valence-corrected chi connectivity index (χ2v) is 5.13. The molecule has 0 aliphatic heterocycles. The zero-order valence-corrected chi connectivity index (χ0v) is 11.6. The Balaban J connectivity index is 2.30. The van der Waals surface area contributed by atoms with Crippen LogP contribution in [0.1, 0.15) is 11.3 Å². The molecule has 2 nitrogen and oxygen atoms in total. The molecule has 0 spiro atoms. The van der Waals surface area contributed by atoms with Crippen molar-refractivity contribution in [3.8, 4) is 11.1 Å². The van der Waals surface area contributed by atoms with Gasteiger partial charge < -0.3 is 0 Å². The second kappa shape index (κ2) is 4.63. The Morgan fingerprint density at radius 1 is 1.00 bits per heavy atom. The molecule has 0 saturated carbocycles. The lowest BCUT2D eigenvalue weighted by molar-refractivity contribution is 1.18. The van der Waals surface area contributed by atoms with Crippen molar-refractivity contribution in [2.45, 2.75) is 13.8 Å². The van der Waals surface area contributed by atoms with E-state index in [-0.39, 0.29) is 0 Å². The number of aromatic nitrogens is 2. The minimum Gasteiger partial charge on any atom is -0.252 e. The van der Waals surface area contributed by atoms with E-state index in [4.69, 9.17) is 11.6 Å². The Morgan fingerprint density at radius 3 is 2.47 bits per heavy atom. The number of hydrogen-bond donors (Lipinski definition) is 0. The Bertz CT molecular complexity index is 743. The van der Waals surface area contributed by atoms with E-state index in [1.54, 1.807) is 6.20 Å². The van der Waals surface area contributed by atoms with Crippen LogP contribution in [0, 0.1) is 13.8 Å². The smallest absolute Gasteiger partial charge is 0.0965 e. The molecular formula is C16H13ClN2. The Morgan fingerprint density at radius 2 is 1.74 bits per heavy atom. The Hall–Kier alpha value is -1.93. The van der Waals surface area contributed by atoms with Gasteiger partial charge in [-0.2, -0.15) is 0 Å². The highest BCUT2D eigenvalue weighted by Gasteiger charge is 2.07. The molecular weight excluding hydrogens is 256 g/mol. The number of halogens is 1. The average Bonchev–Trinajstić information content (AvgIpc) is 2.38. The summed E-state index contributed by atoms with van der Waals surface area (Å²) in [6.45, 7) is 4.03. The van der Waals surface area contributed by atoms with Crippen LogP contribution in [-0.4, -0.2) is 9.97 Å². The van der Waals surface area contributed by atoms with E-state index in [9.17, 15) is 0 Å². The summed E-state index contributed by atoms with van der Waals surface area (Å²) in [6.07, 6.45) is 1.80. The Labute approximate surface area is 117 Å². The summed E-state index contributed by atoms with van der Waals surface area (Å²) in [5.74, 6) is 0. The lowest BCUT2D eigenvalue weighted by Crippen LogP contribution is -1.91. The molecule has 3 aromatic rings. The van der Waals surface area contributed by atoms with Gasteiger partial charge in [0.15, 0.2) is 0 Å². The summed E-state index contributed by atoms with van der Waals surface area (Å²) in [5, 5.41) is 0.739. The van der Waals surface area contributed by atoms with E-state index in [0.29, 0.717) is 0 Å². The van der Waals surface area contributed by atoms with E-state index in [0.717, 1.165) is 32.9 Å². The van der Waals surface area contributed by atoms with Crippen molar-refractivity contribution in [2.24, 2.45) is 0 Å². The van der Waals surface area contributed by atoms with Gasteiger partial charge >= 0.3 is 0 Å². The van der Waals surface area contributed by atoms with Crippen LogP contribution >= 0.6 is 11.6 Å². The lowest BCUT2D eigenvalue weighted by Gasteiger charge is -2.08. The first-order valence-electron chi connectivity index (χ1n) is 6.13. The van der Waals surface area contributed by atoms with Crippen molar-refractivity contribution in [3.05, 3.63) is 58.9 Å². The number of aryl methyl sites for hydroxylation is 2. The highest BCUT2D eigenvalue weighted by atomic mass is 35.5. The fourth-order valence-electron chi connectivity index (χ4n) is 2.21. The van der Waals surface area contributed by atoms with Gasteiger partial charge in [-0.05, 0) is 49.2 Å². The van der Waals surface area contributed by atoms with Crippen molar-refractivity contribution < 1.29 is 0 Å². The minimum atomic E-state index is 0.739. The molecule has 0 radical (unpaired) electrons. The molecule has 3 rings (SSSR count). The van der Waals surface area contributed by atoms with Crippen LogP contribution in [0.2, 0.25) is 5.02 Å². The maximum Gasteiger partial charge on any atom is 0.0965 e. The topological polar surface area (TPSA) is 25.8 Å². The number of benzene rings is 2. The first kappa shape index (κ1) is 12.1. The van der Waals surface area contributed by atoms with E-state index < -0.39 is 0 Å². The molecule has 0 fully saturated rings. The number of nitrogens with zero attached hydrogens (tertiary/aromatic N) is 2. The first-order chi connectivity index (χ1) is 9.13. The largest absolute Gasteiger partial charge is 0.252 e. The van der Waals surface area contributed by atoms with Crippen molar-refractivity contribution in [2.75, 3.05) is 0 Å². The summed E-state index contributed by atoms with van der Waals surface area (Å²) in [5.41, 5.74) is 6.18. The highest BCUT2D eigenvalue weighted by molar-refractivity contribution is 6.30. The molecule has 0 aliphatic carbocycles. The van der Waals surface area contributed by atoms with Crippen LogP contribution < -0.4 is 0 Å². The van der Waals surface area contributed by atoms with Crippen LogP contribution in [-0.2, 0) is 0 Å². The molecule has 0 aliphatic rings. The summed E-state index contributed by atoms with van der Waals surface area (Å²) in [6, 6.07) is 12.0. The van der Waals surface area contributed by atoms with Crippen molar-refractivity contribution in [1.29, 1.82) is 0 Å². The lowest BCUT2D eigenvalue weighted by atomic mass is 10.0. The molecule has 0 saturated heterocycles. The van der Waals surface area contributed by atoms with Crippen LogP contribution in [0.5, 0.6) is 0 Å². The van der Waals surface area contributed by atoms with Gasteiger partial charge in [0.2, 0.25) is 0 Å². The van der Waals surface area contributed by atoms with Crippen LogP contribution in [0.4, 0.5) is 0 Å². The van der Waals surface area contributed by atoms with E-state index in [1.807, 2.05) is 31.2 Å². The first-order valence-corrected chi connectivity index (χ1v) is 6.51. The normalized spacial score (nSPS) is 10.9. The zero-order valence-electron chi connectivity index (χ0n) is 10.8. The molecule has 3 heteroatoms. The van der Waals surface area contributed by atoms with Crippen LogP contribution in [0.15, 0.2) is 42.6 Å². The molecule has 0 amide bonds. The second-order valence-electron chi connectivity index (χ2n) is 4.70. The standard InChI is InChI=1S/C16H13ClN2/c1-10-7-14(12-3-5-13(17)6-4-12)16-15(8-10)19-11(2)9-18-16/h3-9H,1-2H3. The van der Waals surface area contributed by atoms with Gasteiger partial charge in [-0.1, -0.05) is 23.7 Å². The quantitative estimate of drug-likeness (QED) is 0.646. The van der Waals surface area contributed by atoms with Gasteiger partial charge in [-0.25, -0.2) is 4.98 Å². The van der Waals surface area contributed by atoms with E-state index in [1.165, 1.54) is 5.56 Å². The van der Waals surface area contributed by atoms with E-state index in [2.05, 4.69) is 29.0 Å². The molecule has 0 unspecified atom stereocenters. The van der Waals surface area contributed by atoms with Crippen molar-refractivity contribution in [1.82, 2.24) is 9.97 Å². The molecule has 19 heavy (non-hydrogen) atoms. The zero-order chi connectivity index (χ0) is 13.4. The molecule has 0 bridgehead atoms. The monoisotopic (exact) mass is 268 g/mol. The third-order valence-corrected chi connectivity index (χ3v) is 3.32. The van der Waals surface area contributed by atoms with Crippen molar-refractivity contribution in [3.63, 3.8) is 0 Å². The summed E-state index contributed by atoms with van der Waals surface area (Å²) >= 11 is 5.94. The van der Waals surface area contributed by atoms with Crippen LogP contribution in [0.3, 0.4) is 0 Å². The molecule has 2 aromatic carbocycles. The fraction of sp³-hybridized carbons (Fsp3) is 0.125. The SMILES string of the molecule is Cc1cc(-c2ccc(Cl)cc2)c2ncc(C)nc2c1. The molecule has 1 aromatic heterocycles. The molecule has 1 heterocycles. The summed E-state index contributed by atoms with van der Waals surface area (Å²) in [7, 11) is 0. The highest BCUT2D eigenvalue weighted by Crippen LogP contribution is 2.28. The third kappa shape index (κ3) is 2.32. The summed E-state index contributed by atoms with van der Waals surface area (Å²) in [4.78, 5) is 9.08. The number of fused-ring (bicyclic) bond motifs is 1. The predicted molar refractivity (Wildman–Crippen MR) is 79.5 cm³/mol. The summed E-state index contributed by atoms with van der Waals surface area (Å²) < 4.78 is 0. The van der Waals surface area contributed by atoms with Crippen LogP contribution in [0.25, 0.3) is 22.2 Å². The molecule has 94 valence electrons.